The molecule has 49 heavy (non-hydrogen) atoms. The molecule has 284 valence electrons. The first-order chi connectivity index (χ1) is 24.1. The molecular formula is C34H59NO14. The summed E-state index contributed by atoms with van der Waals surface area (Å²) >= 11 is 0. The van der Waals surface area contributed by atoms with E-state index >= 15 is 0 Å². The number of hydrogen-bond donors (Lipinski definition) is 0. The fourth-order valence-electron chi connectivity index (χ4n) is 3.51. The SMILES string of the molecule is CN(C)CCOCCOCCOCCOCCOCCOCCOCCOCCOCCOCCOCCOC(=O)C(=O)c1ccccc1. The van der Waals surface area contributed by atoms with Gasteiger partial charge in [-0.2, -0.15) is 0 Å². The number of hydrogen-bond acceptors (Lipinski definition) is 15. The lowest BCUT2D eigenvalue weighted by Crippen LogP contribution is -2.20. The summed E-state index contributed by atoms with van der Waals surface area (Å²) in [7, 11) is 4.03. The predicted octanol–water partition coefficient (Wildman–Crippen LogP) is 1.16. The van der Waals surface area contributed by atoms with Crippen LogP contribution < -0.4 is 0 Å². The lowest BCUT2D eigenvalue weighted by Gasteiger charge is -2.10. The molecule has 0 amide bonds. The Hall–Kier alpha value is -2.12. The summed E-state index contributed by atoms with van der Waals surface area (Å²) in [5, 5.41) is 0. The van der Waals surface area contributed by atoms with Crippen molar-refractivity contribution in [2.75, 3.05) is 173 Å². The highest BCUT2D eigenvalue weighted by molar-refractivity contribution is 6.40. The molecule has 0 saturated heterocycles. The van der Waals surface area contributed by atoms with Gasteiger partial charge in [-0.3, -0.25) is 4.79 Å². The maximum atomic E-state index is 11.9. The van der Waals surface area contributed by atoms with Gasteiger partial charge in [0, 0.05) is 12.1 Å². The summed E-state index contributed by atoms with van der Waals surface area (Å²) in [4.78, 5) is 25.7. The van der Waals surface area contributed by atoms with Crippen LogP contribution in [0.2, 0.25) is 0 Å². The van der Waals surface area contributed by atoms with E-state index in [-0.39, 0.29) is 13.2 Å². The van der Waals surface area contributed by atoms with Crippen molar-refractivity contribution >= 4 is 11.8 Å². The zero-order valence-corrected chi connectivity index (χ0v) is 29.5. The number of carbonyl (C=O) groups is 2. The van der Waals surface area contributed by atoms with Crippen LogP contribution >= 0.6 is 0 Å². The number of rotatable bonds is 38. The van der Waals surface area contributed by atoms with Crippen molar-refractivity contribution < 1.29 is 66.4 Å². The summed E-state index contributed by atoms with van der Waals surface area (Å²) < 4.78 is 64.8. The van der Waals surface area contributed by atoms with Crippen LogP contribution in [0.1, 0.15) is 10.4 Å². The van der Waals surface area contributed by atoms with Crippen LogP contribution in [0.5, 0.6) is 0 Å². The molecule has 0 heterocycles. The molecule has 0 radical (unpaired) electrons. The molecule has 0 aliphatic carbocycles. The van der Waals surface area contributed by atoms with Gasteiger partial charge in [0.1, 0.15) is 6.61 Å². The fraction of sp³-hybridized carbons (Fsp3) is 0.765. The minimum absolute atomic E-state index is 0.00270. The van der Waals surface area contributed by atoms with Gasteiger partial charge in [-0.05, 0) is 14.1 Å². The minimum atomic E-state index is -0.897. The van der Waals surface area contributed by atoms with Gasteiger partial charge >= 0.3 is 5.97 Å². The smallest absolute Gasteiger partial charge is 0.379 e. The van der Waals surface area contributed by atoms with E-state index in [0.717, 1.165) is 6.54 Å². The summed E-state index contributed by atoms with van der Waals surface area (Å²) in [5.41, 5.74) is 0.295. The maximum Gasteiger partial charge on any atom is 0.379 e. The van der Waals surface area contributed by atoms with Gasteiger partial charge in [0.05, 0.1) is 145 Å². The number of esters is 1. The molecule has 1 aromatic rings. The average Bonchev–Trinajstić information content (AvgIpc) is 3.11. The first-order valence-electron chi connectivity index (χ1n) is 16.9. The molecular weight excluding hydrogens is 646 g/mol. The maximum absolute atomic E-state index is 11.9. The van der Waals surface area contributed by atoms with Gasteiger partial charge in [-0.25, -0.2) is 4.79 Å². The number of nitrogens with zero attached hydrogens (tertiary/aromatic N) is 1. The number of ether oxygens (including phenoxy) is 12. The first kappa shape index (κ1) is 44.9. The summed E-state index contributed by atoms with van der Waals surface area (Å²) in [6, 6.07) is 8.26. The predicted molar refractivity (Wildman–Crippen MR) is 179 cm³/mol. The fourth-order valence-corrected chi connectivity index (χ4v) is 3.51. The van der Waals surface area contributed by atoms with Crippen molar-refractivity contribution in [2.45, 2.75) is 0 Å². The average molecular weight is 706 g/mol. The van der Waals surface area contributed by atoms with Crippen LogP contribution in [0.15, 0.2) is 30.3 Å². The molecule has 0 spiro atoms. The molecule has 0 aliphatic heterocycles. The van der Waals surface area contributed by atoms with Crippen molar-refractivity contribution in [3.05, 3.63) is 35.9 Å². The van der Waals surface area contributed by atoms with Crippen molar-refractivity contribution in [2.24, 2.45) is 0 Å². The van der Waals surface area contributed by atoms with E-state index in [2.05, 4.69) is 4.90 Å². The molecule has 0 N–H and O–H groups in total. The van der Waals surface area contributed by atoms with Crippen LogP contribution in [0.25, 0.3) is 0 Å². The molecule has 0 aliphatic rings. The number of ketones is 1. The van der Waals surface area contributed by atoms with Gasteiger partial charge < -0.3 is 61.7 Å². The van der Waals surface area contributed by atoms with Gasteiger partial charge in [-0.15, -0.1) is 0 Å². The Labute approximate surface area is 291 Å². The quantitative estimate of drug-likeness (QED) is 0.0419. The topological polar surface area (TPSA) is 148 Å². The van der Waals surface area contributed by atoms with Gasteiger partial charge in [0.25, 0.3) is 5.78 Å². The van der Waals surface area contributed by atoms with E-state index in [0.29, 0.717) is 144 Å². The zero-order valence-electron chi connectivity index (χ0n) is 29.5. The Balaban J connectivity index is 1.65. The van der Waals surface area contributed by atoms with Crippen molar-refractivity contribution in [3.63, 3.8) is 0 Å². The standard InChI is InChI=1S/C34H59NO14/c1-35(2)8-9-38-10-11-39-12-13-40-14-15-41-16-17-42-18-19-43-20-21-44-22-23-45-24-25-46-26-27-47-28-29-48-30-31-49-34(37)33(36)32-6-4-3-5-7-32/h3-7H,8-31H2,1-2H3. The summed E-state index contributed by atoms with van der Waals surface area (Å²) in [5.74, 6) is -1.57. The van der Waals surface area contributed by atoms with Crippen molar-refractivity contribution in [3.8, 4) is 0 Å². The van der Waals surface area contributed by atoms with E-state index < -0.39 is 11.8 Å². The zero-order chi connectivity index (χ0) is 35.3. The van der Waals surface area contributed by atoms with Crippen LogP contribution in [0.4, 0.5) is 0 Å². The second-order valence-electron chi connectivity index (χ2n) is 10.4. The van der Waals surface area contributed by atoms with Crippen molar-refractivity contribution in [1.29, 1.82) is 0 Å². The highest BCUT2D eigenvalue weighted by atomic mass is 16.6. The highest BCUT2D eigenvalue weighted by Crippen LogP contribution is 2.01. The number of likely N-dealkylation sites (N-methyl/N-ethyl adjacent to an activating group) is 1. The lowest BCUT2D eigenvalue weighted by atomic mass is 10.1. The van der Waals surface area contributed by atoms with Crippen LogP contribution in [0.3, 0.4) is 0 Å². The summed E-state index contributed by atoms with van der Waals surface area (Å²) in [6.07, 6.45) is 0. The van der Waals surface area contributed by atoms with Crippen molar-refractivity contribution in [1.82, 2.24) is 4.90 Å². The monoisotopic (exact) mass is 705 g/mol. The largest absolute Gasteiger partial charge is 0.457 e. The molecule has 0 saturated carbocycles. The third kappa shape index (κ3) is 31.6. The second-order valence-corrected chi connectivity index (χ2v) is 10.4. The Kier molecular flexibility index (Phi) is 32.7. The molecule has 1 aromatic carbocycles. The first-order valence-corrected chi connectivity index (χ1v) is 16.9. The van der Waals surface area contributed by atoms with Gasteiger partial charge in [0.2, 0.25) is 0 Å². The molecule has 0 fully saturated rings. The Morgan fingerprint density at radius 1 is 0.408 bits per heavy atom. The van der Waals surface area contributed by atoms with Gasteiger partial charge in [0.15, 0.2) is 0 Å². The minimum Gasteiger partial charge on any atom is -0.457 e. The normalized spacial score (nSPS) is 11.4. The summed E-state index contributed by atoms with van der Waals surface area (Å²) in [6.45, 7) is 11.5. The van der Waals surface area contributed by atoms with Gasteiger partial charge in [-0.1, -0.05) is 30.3 Å². The second kappa shape index (κ2) is 35.7. The van der Waals surface area contributed by atoms with E-state index in [1.807, 2.05) is 14.1 Å². The van der Waals surface area contributed by atoms with E-state index in [9.17, 15) is 9.59 Å². The molecule has 0 unspecified atom stereocenters. The molecule has 1 rings (SSSR count). The molecule has 0 aromatic heterocycles. The Morgan fingerprint density at radius 3 is 0.959 bits per heavy atom. The number of carbonyl (C=O) groups excluding carboxylic acids is 2. The number of benzene rings is 1. The molecule has 0 bridgehead atoms. The third-order valence-electron chi connectivity index (χ3n) is 6.09. The Bertz CT molecular complexity index is 865. The van der Waals surface area contributed by atoms with E-state index in [1.54, 1.807) is 30.3 Å². The Morgan fingerprint density at radius 2 is 0.673 bits per heavy atom. The molecule has 15 heteroatoms. The molecule has 0 atom stereocenters. The van der Waals surface area contributed by atoms with E-state index in [1.165, 1.54) is 0 Å². The molecule has 15 nitrogen and oxygen atoms in total. The van der Waals surface area contributed by atoms with Crippen LogP contribution in [0, 0.1) is 0 Å². The lowest BCUT2D eigenvalue weighted by molar-refractivity contribution is -0.139. The third-order valence-corrected chi connectivity index (χ3v) is 6.09. The van der Waals surface area contributed by atoms with Crippen LogP contribution in [-0.2, 0) is 61.6 Å². The number of Topliss-reactive ketones (excluding diaryl/α,β-unsaturated/α-hetero) is 1. The van der Waals surface area contributed by atoms with Crippen LogP contribution in [-0.4, -0.2) is 189 Å². The highest BCUT2D eigenvalue weighted by Gasteiger charge is 2.17. The van der Waals surface area contributed by atoms with E-state index in [4.69, 9.17) is 56.8 Å².